The van der Waals surface area contributed by atoms with Gasteiger partial charge in [0.1, 0.15) is 19.0 Å². The highest BCUT2D eigenvalue weighted by Crippen LogP contribution is 2.05. The molecule has 0 amide bonds. The first-order chi connectivity index (χ1) is 9.38. The van der Waals surface area contributed by atoms with Crippen LogP contribution in [0.25, 0.3) is 11.0 Å². The van der Waals surface area contributed by atoms with Gasteiger partial charge in [0.2, 0.25) is 0 Å². The SMILES string of the molecule is CC=NC.c1ccc2[nH]cnc2c1.c1ncncn1. The van der Waals surface area contributed by atoms with Crippen molar-refractivity contribution >= 4 is 17.2 Å². The van der Waals surface area contributed by atoms with Crippen LogP contribution >= 0.6 is 0 Å². The minimum atomic E-state index is 1.03. The Morgan fingerprint density at radius 2 is 1.63 bits per heavy atom. The number of hydrogen-bond donors (Lipinski definition) is 1. The van der Waals surface area contributed by atoms with Gasteiger partial charge in [-0.3, -0.25) is 0 Å². The Bertz CT molecular complexity index is 515. The molecule has 0 saturated carbocycles. The summed E-state index contributed by atoms with van der Waals surface area (Å²) in [7, 11) is 1.75. The lowest BCUT2D eigenvalue weighted by Gasteiger charge is -1.81. The molecule has 1 N–H and O–H groups in total. The first-order valence-electron chi connectivity index (χ1n) is 5.68. The van der Waals surface area contributed by atoms with Gasteiger partial charge in [-0.05, 0) is 25.3 Å². The normalized spacial score (nSPS) is 9.37. The first-order valence-corrected chi connectivity index (χ1v) is 5.68. The van der Waals surface area contributed by atoms with Gasteiger partial charge in [0, 0.05) is 7.05 Å². The number of aromatic amines is 1. The largest absolute Gasteiger partial charge is 0.345 e. The van der Waals surface area contributed by atoms with E-state index < -0.39 is 0 Å². The molecule has 0 bridgehead atoms. The van der Waals surface area contributed by atoms with Gasteiger partial charge in [-0.1, -0.05) is 12.1 Å². The highest BCUT2D eigenvalue weighted by Gasteiger charge is 1.88. The summed E-state index contributed by atoms with van der Waals surface area (Å²) in [6.07, 6.45) is 7.76. The Labute approximate surface area is 111 Å². The number of nitrogens with zero attached hydrogens (tertiary/aromatic N) is 5. The summed E-state index contributed by atoms with van der Waals surface area (Å²) in [5, 5.41) is 0. The molecule has 2 heterocycles. The molecular weight excluding hydrogens is 240 g/mol. The maximum Gasteiger partial charge on any atom is 0.119 e. The van der Waals surface area contributed by atoms with Crippen molar-refractivity contribution in [3.8, 4) is 0 Å². The van der Waals surface area contributed by atoms with Crippen molar-refractivity contribution in [2.24, 2.45) is 4.99 Å². The number of benzene rings is 1. The average molecular weight is 256 g/mol. The van der Waals surface area contributed by atoms with Gasteiger partial charge < -0.3 is 9.98 Å². The fourth-order valence-corrected chi connectivity index (χ4v) is 1.08. The molecule has 0 spiro atoms. The Kier molecular flexibility index (Phi) is 7.14. The zero-order chi connectivity index (χ0) is 13.8. The molecule has 98 valence electrons. The Morgan fingerprint density at radius 1 is 1.05 bits per heavy atom. The van der Waals surface area contributed by atoms with Crippen LogP contribution in [0.5, 0.6) is 0 Å². The number of imidazole rings is 1. The number of hydrogen-bond acceptors (Lipinski definition) is 5. The van der Waals surface area contributed by atoms with Gasteiger partial charge in [-0.25, -0.2) is 19.9 Å². The highest BCUT2D eigenvalue weighted by molar-refractivity contribution is 5.73. The lowest BCUT2D eigenvalue weighted by Crippen LogP contribution is -1.73. The summed E-state index contributed by atoms with van der Waals surface area (Å²) in [5.74, 6) is 0. The van der Waals surface area contributed by atoms with Crippen LogP contribution in [0.4, 0.5) is 0 Å². The van der Waals surface area contributed by atoms with Crippen molar-refractivity contribution in [2.45, 2.75) is 6.92 Å². The van der Waals surface area contributed by atoms with Crippen LogP contribution in [0.1, 0.15) is 6.92 Å². The van der Waals surface area contributed by atoms with E-state index in [1.54, 1.807) is 19.6 Å². The fourth-order valence-electron chi connectivity index (χ4n) is 1.08. The van der Waals surface area contributed by atoms with Crippen molar-refractivity contribution in [1.82, 2.24) is 24.9 Å². The van der Waals surface area contributed by atoms with Gasteiger partial charge in [-0.2, -0.15) is 0 Å². The second kappa shape index (κ2) is 9.41. The van der Waals surface area contributed by atoms with Crippen LogP contribution in [-0.2, 0) is 0 Å². The van der Waals surface area contributed by atoms with E-state index in [-0.39, 0.29) is 0 Å². The maximum absolute atomic E-state index is 4.06. The van der Waals surface area contributed by atoms with Crippen LogP contribution in [0.15, 0.2) is 54.6 Å². The summed E-state index contributed by atoms with van der Waals surface area (Å²) < 4.78 is 0. The van der Waals surface area contributed by atoms with Crippen molar-refractivity contribution in [1.29, 1.82) is 0 Å². The highest BCUT2D eigenvalue weighted by atomic mass is 14.9. The van der Waals surface area contributed by atoms with E-state index in [4.69, 9.17) is 0 Å². The topological polar surface area (TPSA) is 79.7 Å². The van der Waals surface area contributed by atoms with Crippen LogP contribution < -0.4 is 0 Å². The Hall–Kier alpha value is -2.63. The van der Waals surface area contributed by atoms with Crippen LogP contribution in [-0.4, -0.2) is 38.2 Å². The molecule has 2 aromatic heterocycles. The smallest absolute Gasteiger partial charge is 0.119 e. The van der Waals surface area contributed by atoms with E-state index in [0.717, 1.165) is 11.0 Å². The van der Waals surface area contributed by atoms with Crippen LogP contribution in [0, 0.1) is 0 Å². The number of para-hydroxylation sites is 2. The van der Waals surface area contributed by atoms with E-state index in [1.807, 2.05) is 31.2 Å². The van der Waals surface area contributed by atoms with Crippen molar-refractivity contribution < 1.29 is 0 Å². The molecule has 6 nitrogen and oxygen atoms in total. The minimum Gasteiger partial charge on any atom is -0.345 e. The quantitative estimate of drug-likeness (QED) is 0.625. The summed E-state index contributed by atoms with van der Waals surface area (Å²) in [6.45, 7) is 1.89. The van der Waals surface area contributed by atoms with E-state index in [0.29, 0.717) is 0 Å². The van der Waals surface area contributed by atoms with E-state index in [2.05, 4.69) is 29.9 Å². The van der Waals surface area contributed by atoms with Crippen LogP contribution in [0.2, 0.25) is 0 Å². The van der Waals surface area contributed by atoms with Gasteiger partial charge in [0.05, 0.1) is 17.4 Å². The van der Waals surface area contributed by atoms with Gasteiger partial charge in [-0.15, -0.1) is 0 Å². The van der Waals surface area contributed by atoms with Crippen molar-refractivity contribution in [3.63, 3.8) is 0 Å². The second-order valence-corrected chi connectivity index (χ2v) is 3.23. The molecule has 6 heteroatoms. The van der Waals surface area contributed by atoms with Gasteiger partial charge in [0.15, 0.2) is 0 Å². The summed E-state index contributed by atoms with van der Waals surface area (Å²) in [4.78, 5) is 21.4. The predicted octanol–water partition coefficient (Wildman–Crippen LogP) is 2.14. The third-order valence-corrected chi connectivity index (χ3v) is 1.99. The average Bonchev–Trinajstić information content (AvgIpc) is 2.98. The Morgan fingerprint density at radius 3 is 2.11 bits per heavy atom. The zero-order valence-corrected chi connectivity index (χ0v) is 10.9. The number of aliphatic imine (C=N–C) groups is 1. The maximum atomic E-state index is 4.06. The molecule has 0 fully saturated rings. The lowest BCUT2D eigenvalue weighted by molar-refractivity contribution is 1.05. The third kappa shape index (κ3) is 6.02. The zero-order valence-electron chi connectivity index (χ0n) is 10.9. The molecule has 3 aromatic rings. The number of nitrogens with one attached hydrogen (secondary N) is 1. The molecule has 0 aliphatic carbocycles. The van der Waals surface area contributed by atoms with Gasteiger partial charge >= 0.3 is 0 Å². The van der Waals surface area contributed by atoms with E-state index in [9.17, 15) is 0 Å². The number of H-pyrrole nitrogens is 1. The fraction of sp³-hybridized carbons (Fsp3) is 0.154. The number of fused-ring (bicyclic) bond motifs is 1. The third-order valence-electron chi connectivity index (χ3n) is 1.99. The molecule has 0 unspecified atom stereocenters. The molecule has 1 aromatic carbocycles. The molecular formula is C13H16N6. The Balaban J connectivity index is 0.000000158. The number of rotatable bonds is 0. The molecule has 0 atom stereocenters. The molecule has 0 saturated heterocycles. The molecule has 0 aliphatic rings. The minimum absolute atomic E-state index is 1.03. The summed E-state index contributed by atoms with van der Waals surface area (Å²) in [5.41, 5.74) is 2.12. The van der Waals surface area contributed by atoms with Gasteiger partial charge in [0.25, 0.3) is 0 Å². The molecule has 19 heavy (non-hydrogen) atoms. The summed E-state index contributed by atoms with van der Waals surface area (Å²) in [6, 6.07) is 7.94. The van der Waals surface area contributed by atoms with Crippen LogP contribution in [0.3, 0.4) is 0 Å². The second-order valence-electron chi connectivity index (χ2n) is 3.23. The van der Waals surface area contributed by atoms with E-state index >= 15 is 0 Å². The van der Waals surface area contributed by atoms with Crippen molar-refractivity contribution in [2.75, 3.05) is 7.05 Å². The predicted molar refractivity (Wildman–Crippen MR) is 76.0 cm³/mol. The summed E-state index contributed by atoms with van der Waals surface area (Å²) >= 11 is 0. The van der Waals surface area contributed by atoms with Crippen molar-refractivity contribution in [3.05, 3.63) is 49.6 Å². The monoisotopic (exact) mass is 256 g/mol. The molecule has 0 radical (unpaired) electrons. The van der Waals surface area contributed by atoms with E-state index in [1.165, 1.54) is 19.0 Å². The molecule has 3 rings (SSSR count). The molecule has 0 aliphatic heterocycles. The standard InChI is InChI=1S/C7H6N2.C3H3N3.C3H7N/c1-2-4-7-6(3-1)8-5-9-7;1-4-2-6-3-5-1;1-3-4-2/h1-5H,(H,8,9);1-3H;3H,1-2H3. The number of aromatic nitrogens is 5. The first kappa shape index (κ1) is 14.4. The lowest BCUT2D eigenvalue weighted by atomic mass is 10.3.